The fraction of sp³-hybridized carbons (Fsp3) is 0.294. The van der Waals surface area contributed by atoms with Crippen LogP contribution in [-0.4, -0.2) is 7.11 Å². The molecule has 0 aliphatic rings. The van der Waals surface area contributed by atoms with E-state index in [1.165, 1.54) is 5.56 Å². The summed E-state index contributed by atoms with van der Waals surface area (Å²) in [5.74, 6) is 0.802. The summed E-state index contributed by atoms with van der Waals surface area (Å²) in [6, 6.07) is 10.2. The van der Waals surface area contributed by atoms with Crippen LogP contribution in [0.3, 0.4) is 0 Å². The third kappa shape index (κ3) is 4.00. The molecule has 5 heteroatoms. The monoisotopic (exact) mass is 443 g/mol. The van der Waals surface area contributed by atoms with Crippen molar-refractivity contribution in [3.63, 3.8) is 0 Å². The first-order valence-electron chi connectivity index (χ1n) is 6.83. The average Bonchev–Trinajstić information content (AvgIpc) is 2.42. The molecule has 2 aromatic carbocycles. The molecule has 2 rings (SSSR count). The number of methoxy groups -OCH3 is 1. The fourth-order valence-electron chi connectivity index (χ4n) is 1.95. The van der Waals surface area contributed by atoms with Gasteiger partial charge in [-0.15, -0.1) is 0 Å². The van der Waals surface area contributed by atoms with Gasteiger partial charge in [-0.2, -0.15) is 0 Å². The first-order valence-corrected chi connectivity index (χ1v) is 9.23. The molecule has 2 N–H and O–H groups in total. The molecule has 0 radical (unpaired) electrons. The lowest BCUT2D eigenvalue weighted by Gasteiger charge is -2.20. The van der Waals surface area contributed by atoms with E-state index in [1.54, 1.807) is 18.9 Å². The topological polar surface area (TPSA) is 35.2 Å². The van der Waals surface area contributed by atoms with E-state index < -0.39 is 0 Å². The zero-order chi connectivity index (χ0) is 16.5. The standard InChI is InChI=1S/C17H19Br2NOS/c1-17(2,3)10-5-6-13(20)16(7-10)22-15-9-14(21-4)11(18)8-12(15)19/h5-9H,20H2,1-4H3. The summed E-state index contributed by atoms with van der Waals surface area (Å²) in [4.78, 5) is 2.12. The summed E-state index contributed by atoms with van der Waals surface area (Å²) in [6.07, 6.45) is 0. The maximum absolute atomic E-state index is 6.15. The Hall–Kier alpha value is -0.650. The van der Waals surface area contributed by atoms with Gasteiger partial charge in [0.15, 0.2) is 0 Å². The SMILES string of the molecule is COc1cc(Sc2cc(C(C)(C)C)ccc2N)c(Br)cc1Br. The van der Waals surface area contributed by atoms with Crippen LogP contribution in [0.4, 0.5) is 5.69 Å². The van der Waals surface area contributed by atoms with Crippen LogP contribution in [0.2, 0.25) is 0 Å². The lowest BCUT2D eigenvalue weighted by molar-refractivity contribution is 0.411. The second-order valence-electron chi connectivity index (χ2n) is 6.02. The summed E-state index contributed by atoms with van der Waals surface area (Å²) in [6.45, 7) is 6.60. The molecular weight excluding hydrogens is 426 g/mol. The second-order valence-corrected chi connectivity index (χ2v) is 8.81. The predicted molar refractivity (Wildman–Crippen MR) is 102 cm³/mol. The lowest BCUT2D eigenvalue weighted by Crippen LogP contribution is -2.11. The van der Waals surface area contributed by atoms with E-state index >= 15 is 0 Å². The van der Waals surface area contributed by atoms with Crippen molar-refractivity contribution >= 4 is 49.3 Å². The molecule has 0 saturated carbocycles. The van der Waals surface area contributed by atoms with Gasteiger partial charge in [-0.05, 0) is 67.1 Å². The van der Waals surface area contributed by atoms with Gasteiger partial charge in [0.05, 0.1) is 11.6 Å². The van der Waals surface area contributed by atoms with Gasteiger partial charge in [0.1, 0.15) is 5.75 Å². The van der Waals surface area contributed by atoms with Gasteiger partial charge in [-0.3, -0.25) is 0 Å². The van der Waals surface area contributed by atoms with E-state index in [0.717, 1.165) is 30.2 Å². The summed E-state index contributed by atoms with van der Waals surface area (Å²) in [5.41, 5.74) is 8.30. The van der Waals surface area contributed by atoms with Gasteiger partial charge in [0, 0.05) is 20.0 Å². The molecule has 0 aliphatic carbocycles. The fourth-order valence-corrected chi connectivity index (χ4v) is 4.28. The maximum atomic E-state index is 6.15. The van der Waals surface area contributed by atoms with Crippen molar-refractivity contribution in [1.82, 2.24) is 0 Å². The number of nitrogens with two attached hydrogens (primary N) is 1. The normalized spacial score (nSPS) is 11.5. The Bertz CT molecular complexity index is 696. The molecule has 118 valence electrons. The minimum Gasteiger partial charge on any atom is -0.496 e. The summed E-state index contributed by atoms with van der Waals surface area (Å²) in [7, 11) is 1.66. The Balaban J connectivity index is 2.43. The smallest absolute Gasteiger partial charge is 0.134 e. The van der Waals surface area contributed by atoms with Crippen LogP contribution in [0.15, 0.2) is 49.1 Å². The first-order chi connectivity index (χ1) is 10.2. The molecule has 0 atom stereocenters. The number of nitrogen functional groups attached to an aromatic ring is 1. The van der Waals surface area contributed by atoms with E-state index in [4.69, 9.17) is 10.5 Å². The zero-order valence-electron chi connectivity index (χ0n) is 13.0. The lowest BCUT2D eigenvalue weighted by atomic mass is 9.87. The van der Waals surface area contributed by atoms with Gasteiger partial charge in [-0.25, -0.2) is 0 Å². The summed E-state index contributed by atoms with van der Waals surface area (Å²) >= 11 is 8.73. The van der Waals surface area contributed by atoms with Crippen LogP contribution in [0.25, 0.3) is 0 Å². The van der Waals surface area contributed by atoms with Crippen LogP contribution in [0, 0.1) is 0 Å². The van der Waals surface area contributed by atoms with E-state index in [-0.39, 0.29) is 5.41 Å². The highest BCUT2D eigenvalue weighted by molar-refractivity contribution is 9.11. The number of ether oxygens (including phenoxy) is 1. The quantitative estimate of drug-likeness (QED) is 0.568. The Morgan fingerprint density at radius 2 is 1.68 bits per heavy atom. The Labute approximate surface area is 153 Å². The van der Waals surface area contributed by atoms with Gasteiger partial charge < -0.3 is 10.5 Å². The first kappa shape index (κ1) is 17.7. The third-order valence-electron chi connectivity index (χ3n) is 3.31. The second kappa shape index (κ2) is 6.85. The number of hydrogen-bond acceptors (Lipinski definition) is 3. The van der Waals surface area contributed by atoms with Gasteiger partial charge in [0.2, 0.25) is 0 Å². The number of benzene rings is 2. The highest BCUT2D eigenvalue weighted by Crippen LogP contribution is 2.42. The molecule has 22 heavy (non-hydrogen) atoms. The molecule has 2 aromatic rings. The van der Waals surface area contributed by atoms with Crippen molar-refractivity contribution in [3.8, 4) is 5.75 Å². The van der Waals surface area contributed by atoms with Crippen molar-refractivity contribution in [3.05, 3.63) is 44.8 Å². The number of rotatable bonds is 3. The summed E-state index contributed by atoms with van der Waals surface area (Å²) < 4.78 is 7.30. The third-order valence-corrected chi connectivity index (χ3v) is 5.98. The minimum absolute atomic E-state index is 0.0949. The molecule has 0 amide bonds. The van der Waals surface area contributed by atoms with Gasteiger partial charge in [-0.1, -0.05) is 38.6 Å². The number of hydrogen-bond donors (Lipinski definition) is 1. The summed E-state index contributed by atoms with van der Waals surface area (Å²) in [5, 5.41) is 0. The molecule has 0 saturated heterocycles. The number of halogens is 2. The van der Waals surface area contributed by atoms with Crippen molar-refractivity contribution in [1.29, 1.82) is 0 Å². The Morgan fingerprint density at radius 1 is 1.00 bits per heavy atom. The zero-order valence-corrected chi connectivity index (χ0v) is 17.0. The van der Waals surface area contributed by atoms with Crippen LogP contribution in [-0.2, 0) is 5.41 Å². The molecule has 0 aliphatic heterocycles. The van der Waals surface area contributed by atoms with Gasteiger partial charge >= 0.3 is 0 Å². The molecule has 0 heterocycles. The molecule has 0 spiro atoms. The van der Waals surface area contributed by atoms with Crippen molar-refractivity contribution in [2.24, 2.45) is 0 Å². The highest BCUT2D eigenvalue weighted by Gasteiger charge is 2.16. The van der Waals surface area contributed by atoms with E-state index in [9.17, 15) is 0 Å². The average molecular weight is 445 g/mol. The van der Waals surface area contributed by atoms with Crippen molar-refractivity contribution in [2.45, 2.75) is 36.0 Å². The van der Waals surface area contributed by atoms with Crippen LogP contribution in [0.1, 0.15) is 26.3 Å². The van der Waals surface area contributed by atoms with E-state index in [1.807, 2.05) is 18.2 Å². The van der Waals surface area contributed by atoms with Crippen LogP contribution in [0.5, 0.6) is 5.75 Å². The predicted octanol–water partition coefficient (Wildman–Crippen LogP) is 6.25. The van der Waals surface area contributed by atoms with Crippen LogP contribution < -0.4 is 10.5 Å². The van der Waals surface area contributed by atoms with E-state index in [0.29, 0.717) is 0 Å². The van der Waals surface area contributed by atoms with E-state index in [2.05, 4.69) is 64.8 Å². The number of anilines is 1. The Morgan fingerprint density at radius 3 is 2.27 bits per heavy atom. The Kier molecular flexibility index (Phi) is 5.51. The molecule has 2 nitrogen and oxygen atoms in total. The molecule has 0 aromatic heterocycles. The van der Waals surface area contributed by atoms with Gasteiger partial charge in [0.25, 0.3) is 0 Å². The molecular formula is C17H19Br2NOS. The van der Waals surface area contributed by atoms with Crippen LogP contribution >= 0.6 is 43.6 Å². The maximum Gasteiger partial charge on any atom is 0.134 e. The van der Waals surface area contributed by atoms with Crippen molar-refractivity contribution in [2.75, 3.05) is 12.8 Å². The van der Waals surface area contributed by atoms with Crippen molar-refractivity contribution < 1.29 is 4.74 Å². The highest BCUT2D eigenvalue weighted by atomic mass is 79.9. The molecule has 0 bridgehead atoms. The largest absolute Gasteiger partial charge is 0.496 e. The minimum atomic E-state index is 0.0949. The molecule has 0 fully saturated rings. The molecule has 0 unspecified atom stereocenters.